The van der Waals surface area contributed by atoms with E-state index in [9.17, 15) is 9.59 Å². The third-order valence-corrected chi connectivity index (χ3v) is 6.63. The summed E-state index contributed by atoms with van der Waals surface area (Å²) in [4.78, 5) is 26.0. The molecule has 0 radical (unpaired) electrons. The SMILES string of the molecule is CC1CCCN(C(=O)C(=O)NC2CCCCCCC2)C1.c1ccc2s[nH]c2c1. The van der Waals surface area contributed by atoms with Gasteiger partial charge in [-0.1, -0.05) is 62.7 Å². The Morgan fingerprint density at radius 2 is 1.75 bits per heavy atom. The summed E-state index contributed by atoms with van der Waals surface area (Å²) in [6.07, 6.45) is 10.4. The lowest BCUT2D eigenvalue weighted by Gasteiger charge is -2.31. The van der Waals surface area contributed by atoms with E-state index in [1.165, 1.54) is 42.3 Å². The number of nitrogens with one attached hydrogen (secondary N) is 2. The summed E-state index contributed by atoms with van der Waals surface area (Å²) >= 11 is 1.68. The summed E-state index contributed by atoms with van der Waals surface area (Å²) in [7, 11) is 0. The molecule has 28 heavy (non-hydrogen) atoms. The van der Waals surface area contributed by atoms with E-state index >= 15 is 0 Å². The smallest absolute Gasteiger partial charge is 0.311 e. The minimum absolute atomic E-state index is 0.203. The fourth-order valence-corrected chi connectivity index (χ4v) is 4.69. The fourth-order valence-electron chi connectivity index (χ4n) is 4.07. The number of carbonyl (C=O) groups is 2. The number of benzene rings is 1. The highest BCUT2D eigenvalue weighted by Gasteiger charge is 2.27. The molecule has 2 amide bonds. The number of piperidine rings is 1. The van der Waals surface area contributed by atoms with Gasteiger partial charge in [-0.3, -0.25) is 9.59 Å². The van der Waals surface area contributed by atoms with Crippen LogP contribution in [0.1, 0.15) is 64.7 Å². The van der Waals surface area contributed by atoms with E-state index in [0.717, 1.165) is 38.8 Å². The maximum Gasteiger partial charge on any atom is 0.311 e. The predicted molar refractivity (Wildman–Crippen MR) is 115 cm³/mol. The van der Waals surface area contributed by atoms with Gasteiger partial charge in [0.25, 0.3) is 0 Å². The van der Waals surface area contributed by atoms with Gasteiger partial charge in [-0.25, -0.2) is 0 Å². The zero-order chi connectivity index (χ0) is 19.8. The molecular weight excluding hydrogens is 370 g/mol. The van der Waals surface area contributed by atoms with Crippen molar-refractivity contribution in [3.8, 4) is 0 Å². The number of fused-ring (bicyclic) bond motifs is 1. The molecule has 4 rings (SSSR count). The van der Waals surface area contributed by atoms with Gasteiger partial charge < -0.3 is 14.6 Å². The lowest BCUT2D eigenvalue weighted by Crippen LogP contribution is -2.49. The van der Waals surface area contributed by atoms with Gasteiger partial charge in [0.1, 0.15) is 0 Å². The Labute approximate surface area is 172 Å². The molecule has 2 heterocycles. The minimum atomic E-state index is -0.385. The Morgan fingerprint density at radius 1 is 1.04 bits per heavy atom. The molecule has 6 heteroatoms. The Balaban J connectivity index is 0.000000231. The molecule has 1 atom stereocenters. The molecule has 1 unspecified atom stereocenters. The molecule has 1 aliphatic heterocycles. The summed E-state index contributed by atoms with van der Waals surface area (Å²) in [5.74, 6) is -0.190. The first kappa shape index (κ1) is 20.9. The summed E-state index contributed by atoms with van der Waals surface area (Å²) in [6, 6.07) is 8.47. The second-order valence-corrected chi connectivity index (χ2v) is 9.06. The number of hydrogen-bond acceptors (Lipinski definition) is 3. The Morgan fingerprint density at radius 3 is 2.32 bits per heavy atom. The Hall–Kier alpha value is -1.82. The number of aromatic nitrogens is 1. The third kappa shape index (κ3) is 6.09. The van der Waals surface area contributed by atoms with Gasteiger partial charge >= 0.3 is 11.8 Å². The second-order valence-electron chi connectivity index (χ2n) is 8.21. The van der Waals surface area contributed by atoms with Crippen molar-refractivity contribution in [2.45, 2.75) is 70.8 Å². The van der Waals surface area contributed by atoms with Gasteiger partial charge in [0.15, 0.2) is 0 Å². The van der Waals surface area contributed by atoms with Crippen LogP contribution in [0.2, 0.25) is 0 Å². The van der Waals surface area contributed by atoms with Crippen molar-refractivity contribution in [3.05, 3.63) is 24.3 Å². The van der Waals surface area contributed by atoms with E-state index < -0.39 is 0 Å². The number of carbonyl (C=O) groups excluding carboxylic acids is 2. The number of likely N-dealkylation sites (tertiary alicyclic amines) is 1. The van der Waals surface area contributed by atoms with Crippen molar-refractivity contribution in [2.75, 3.05) is 13.1 Å². The number of rotatable bonds is 1. The fraction of sp³-hybridized carbons (Fsp3) is 0.636. The van der Waals surface area contributed by atoms with Crippen LogP contribution in [0.5, 0.6) is 0 Å². The lowest BCUT2D eigenvalue weighted by molar-refractivity contribution is -0.147. The highest BCUT2D eigenvalue weighted by Crippen LogP contribution is 2.19. The topological polar surface area (TPSA) is 65.2 Å². The van der Waals surface area contributed by atoms with Crippen molar-refractivity contribution in [1.29, 1.82) is 0 Å². The van der Waals surface area contributed by atoms with Gasteiger partial charge in [0.05, 0.1) is 10.2 Å². The standard InChI is InChI=1S/C16H28N2O2.C6H5NS/c1-13-8-7-11-18(12-13)16(20)15(19)17-14-9-5-3-2-4-6-10-14;1-2-4-6-5(3-1)7-8-6/h13-14H,2-12H2,1H3,(H,17,19);1-4,7H. The average Bonchev–Trinajstić information content (AvgIpc) is 2.65. The van der Waals surface area contributed by atoms with E-state index in [1.807, 2.05) is 12.1 Å². The molecule has 1 saturated heterocycles. The summed E-state index contributed by atoms with van der Waals surface area (Å²) < 4.78 is 4.46. The molecule has 0 bridgehead atoms. The van der Waals surface area contributed by atoms with Crippen LogP contribution in [-0.2, 0) is 9.59 Å². The minimum Gasteiger partial charge on any atom is -0.345 e. The number of H-pyrrole nitrogens is 1. The van der Waals surface area contributed by atoms with Crippen molar-refractivity contribution < 1.29 is 9.59 Å². The largest absolute Gasteiger partial charge is 0.345 e. The first-order valence-corrected chi connectivity index (χ1v) is 11.6. The van der Waals surface area contributed by atoms with Crippen LogP contribution in [0.15, 0.2) is 24.3 Å². The van der Waals surface area contributed by atoms with Gasteiger partial charge in [-0.05, 0) is 43.7 Å². The van der Waals surface area contributed by atoms with E-state index in [2.05, 4.69) is 28.7 Å². The molecule has 1 saturated carbocycles. The zero-order valence-corrected chi connectivity index (χ0v) is 17.7. The van der Waals surface area contributed by atoms with Crippen LogP contribution in [0.4, 0.5) is 0 Å². The summed E-state index contributed by atoms with van der Waals surface area (Å²) in [5, 5.41) is 2.97. The third-order valence-electron chi connectivity index (χ3n) is 5.74. The molecule has 5 nitrogen and oxygen atoms in total. The lowest BCUT2D eigenvalue weighted by atomic mass is 9.96. The Bertz CT molecular complexity index is 716. The molecule has 1 aromatic carbocycles. The molecule has 1 aromatic heterocycles. The number of nitrogens with zero attached hydrogens (tertiary/aromatic N) is 1. The van der Waals surface area contributed by atoms with Crippen LogP contribution in [-0.4, -0.2) is 40.2 Å². The zero-order valence-electron chi connectivity index (χ0n) is 16.9. The maximum absolute atomic E-state index is 12.2. The van der Waals surface area contributed by atoms with Crippen molar-refractivity contribution in [2.24, 2.45) is 5.92 Å². The van der Waals surface area contributed by atoms with Crippen molar-refractivity contribution in [3.63, 3.8) is 0 Å². The molecule has 2 aliphatic rings. The molecule has 2 fully saturated rings. The predicted octanol–water partition coefficient (Wildman–Crippen LogP) is 4.70. The van der Waals surface area contributed by atoms with Crippen LogP contribution in [0.3, 0.4) is 0 Å². The average molecular weight is 404 g/mol. The maximum atomic E-state index is 12.2. The number of amides is 2. The van der Waals surface area contributed by atoms with Crippen LogP contribution in [0, 0.1) is 5.92 Å². The number of hydrogen-bond donors (Lipinski definition) is 2. The number of aromatic amines is 1. The number of para-hydroxylation sites is 1. The normalized spacial score (nSPS) is 21.3. The first-order chi connectivity index (χ1) is 13.6. The highest BCUT2D eigenvalue weighted by molar-refractivity contribution is 7.15. The molecule has 2 aromatic rings. The Kier molecular flexibility index (Phi) is 7.95. The second kappa shape index (κ2) is 10.6. The van der Waals surface area contributed by atoms with E-state index in [1.54, 1.807) is 16.4 Å². The quantitative estimate of drug-likeness (QED) is 0.678. The summed E-state index contributed by atoms with van der Waals surface area (Å²) in [6.45, 7) is 3.62. The van der Waals surface area contributed by atoms with E-state index in [4.69, 9.17) is 0 Å². The highest BCUT2D eigenvalue weighted by atomic mass is 32.1. The molecule has 1 aliphatic carbocycles. The first-order valence-electron chi connectivity index (χ1n) is 10.7. The van der Waals surface area contributed by atoms with E-state index in [0.29, 0.717) is 5.92 Å². The van der Waals surface area contributed by atoms with Crippen molar-refractivity contribution >= 4 is 33.6 Å². The molecule has 154 valence electrons. The van der Waals surface area contributed by atoms with Crippen LogP contribution < -0.4 is 5.32 Å². The molecule has 2 N–H and O–H groups in total. The van der Waals surface area contributed by atoms with Crippen LogP contribution >= 0.6 is 11.5 Å². The molecule has 0 spiro atoms. The monoisotopic (exact) mass is 403 g/mol. The van der Waals surface area contributed by atoms with Gasteiger partial charge in [-0.15, -0.1) is 0 Å². The van der Waals surface area contributed by atoms with Gasteiger partial charge in [-0.2, -0.15) is 0 Å². The van der Waals surface area contributed by atoms with Crippen LogP contribution in [0.25, 0.3) is 10.2 Å². The summed E-state index contributed by atoms with van der Waals surface area (Å²) in [5.41, 5.74) is 1.26. The van der Waals surface area contributed by atoms with E-state index in [-0.39, 0.29) is 17.9 Å². The van der Waals surface area contributed by atoms with Gasteiger partial charge in [0, 0.05) is 19.1 Å². The molecular formula is C22H33N3O2S. The van der Waals surface area contributed by atoms with Crippen molar-refractivity contribution in [1.82, 2.24) is 14.6 Å². The van der Waals surface area contributed by atoms with Gasteiger partial charge in [0.2, 0.25) is 0 Å².